The van der Waals surface area contributed by atoms with Gasteiger partial charge in [0.25, 0.3) is 5.91 Å². The summed E-state index contributed by atoms with van der Waals surface area (Å²) in [7, 11) is 10.5. The van der Waals surface area contributed by atoms with Gasteiger partial charge in [-0.25, -0.2) is 9.97 Å². The number of aromatic nitrogens is 4. The van der Waals surface area contributed by atoms with Gasteiger partial charge >= 0.3 is 0 Å². The van der Waals surface area contributed by atoms with Gasteiger partial charge in [0, 0.05) is 55.5 Å². The fourth-order valence-corrected chi connectivity index (χ4v) is 7.48. The third-order valence-electron chi connectivity index (χ3n) is 11.1. The van der Waals surface area contributed by atoms with Crippen LogP contribution in [0.4, 0.5) is 11.5 Å². The number of nitrogens with zero attached hydrogens (tertiary/aromatic N) is 7. The molecule has 2 unspecified atom stereocenters. The third-order valence-corrected chi connectivity index (χ3v) is 11.1. The standard InChI is InChI=1S/C34H40BN11O4.C5H11N/c1-3-25-29-23(14-39-46(29)21-15-45(16-21)34(35,50)26-6-4-5-20(17-47)40-26)22-11-12-38-31(30(22)44(25)2)42-24(28(37)33(49)41-19-9-10-19)13-27(36)43-32(48)18-7-8-18;1-6-4-2-3-5-6/h4-6,11-14,17-19,21,25,50H,3,7-10,15-16,36-37H2,1-2H3,(H,38,42)(H,41,49)(H,43,48);2-5H2,1H3/b27-13+,28-24+;. The van der Waals surface area contributed by atoms with Gasteiger partial charge in [0.2, 0.25) is 5.91 Å². The van der Waals surface area contributed by atoms with E-state index in [4.69, 9.17) is 24.4 Å². The lowest BCUT2D eigenvalue weighted by Gasteiger charge is -2.49. The third kappa shape index (κ3) is 8.15. The number of aliphatic hydroxyl groups is 1. The summed E-state index contributed by atoms with van der Waals surface area (Å²) < 4.78 is 2.00. The number of aldehydes is 1. The molecule has 3 aromatic heterocycles. The van der Waals surface area contributed by atoms with Crippen molar-refractivity contribution < 1.29 is 19.5 Å². The van der Waals surface area contributed by atoms with E-state index in [9.17, 15) is 19.5 Å². The highest BCUT2D eigenvalue weighted by atomic mass is 16.3. The molecule has 8 N–H and O–H groups in total. The van der Waals surface area contributed by atoms with Crippen LogP contribution in [0.15, 0.2) is 60.0 Å². The second-order valence-electron chi connectivity index (χ2n) is 15.4. The first-order chi connectivity index (χ1) is 26.9. The fraction of sp³-hybridized carbons (Fsp3) is 0.487. The number of likely N-dealkylation sites (tertiary alicyclic amines) is 2. The van der Waals surface area contributed by atoms with Crippen LogP contribution in [0.1, 0.15) is 85.8 Å². The van der Waals surface area contributed by atoms with Crippen LogP contribution in [0.5, 0.6) is 0 Å². The van der Waals surface area contributed by atoms with Crippen molar-refractivity contribution in [3.63, 3.8) is 0 Å². The van der Waals surface area contributed by atoms with E-state index in [1.54, 1.807) is 29.3 Å². The minimum absolute atomic E-state index is 0.0580. The zero-order valence-electron chi connectivity index (χ0n) is 32.2. The topological polar surface area (TPSA) is 213 Å². The van der Waals surface area contributed by atoms with Gasteiger partial charge in [0.05, 0.1) is 41.1 Å². The van der Waals surface area contributed by atoms with Gasteiger partial charge in [0.15, 0.2) is 12.1 Å². The Morgan fingerprint density at radius 1 is 1.07 bits per heavy atom. The molecule has 8 rings (SSSR count). The Hall–Kier alpha value is -5.26. The summed E-state index contributed by atoms with van der Waals surface area (Å²) in [6, 6.07) is 6.59. The van der Waals surface area contributed by atoms with Gasteiger partial charge in [0.1, 0.15) is 30.7 Å². The molecule has 3 aliphatic heterocycles. The molecule has 16 nitrogen and oxygen atoms in total. The molecule has 3 aromatic rings. The number of carbonyl (C=O) groups is 3. The molecule has 294 valence electrons. The number of carbonyl (C=O) groups excluding carboxylic acids is 3. The van der Waals surface area contributed by atoms with Crippen LogP contribution in [0.2, 0.25) is 0 Å². The van der Waals surface area contributed by atoms with Crippen molar-refractivity contribution >= 4 is 37.5 Å². The number of anilines is 2. The zero-order chi connectivity index (χ0) is 39.7. The highest BCUT2D eigenvalue weighted by molar-refractivity contribution is 6.14. The molecule has 56 heavy (non-hydrogen) atoms. The summed E-state index contributed by atoms with van der Waals surface area (Å²) in [5.41, 5.74) is 14.9. The number of allylic oxidation sites excluding steroid dienone is 1. The minimum Gasteiger partial charge on any atom is -0.393 e. The SMILES string of the molecule is CN1CCCC1.[B]C(O)(c1cccc(C=O)n1)N1CC(n2ncc3c2C(CC)N(C)c2c-3ccnc2NC(/C=C(\N)NC(=O)C2CC2)=C(/N)C(=O)NC2CC2)C1. The molecule has 5 aliphatic rings. The van der Waals surface area contributed by atoms with Gasteiger partial charge < -0.3 is 42.3 Å². The quantitative estimate of drug-likeness (QED) is 0.0673. The fourth-order valence-electron chi connectivity index (χ4n) is 7.48. The summed E-state index contributed by atoms with van der Waals surface area (Å²) >= 11 is 0. The Balaban J connectivity index is 0.000000733. The minimum atomic E-state index is -1.86. The van der Waals surface area contributed by atoms with Crippen molar-refractivity contribution in [2.24, 2.45) is 17.4 Å². The Bertz CT molecular complexity index is 2030. The summed E-state index contributed by atoms with van der Waals surface area (Å²) in [6.45, 7) is 5.54. The number of hydrogen-bond acceptors (Lipinski definition) is 13. The van der Waals surface area contributed by atoms with E-state index < -0.39 is 11.5 Å². The first-order valence-corrected chi connectivity index (χ1v) is 19.4. The lowest BCUT2D eigenvalue weighted by molar-refractivity contribution is -0.121. The van der Waals surface area contributed by atoms with Crippen LogP contribution >= 0.6 is 0 Å². The molecule has 17 heteroatoms. The Kier molecular flexibility index (Phi) is 11.2. The van der Waals surface area contributed by atoms with Crippen LogP contribution < -0.4 is 32.3 Å². The van der Waals surface area contributed by atoms with E-state index in [2.05, 4.69) is 49.7 Å². The van der Waals surface area contributed by atoms with E-state index in [1.807, 2.05) is 24.0 Å². The first-order valence-electron chi connectivity index (χ1n) is 19.4. The molecule has 2 atom stereocenters. The largest absolute Gasteiger partial charge is 0.393 e. The summed E-state index contributed by atoms with van der Waals surface area (Å²) in [5, 5.41) is 24.9. The van der Waals surface area contributed by atoms with Crippen LogP contribution in [0, 0.1) is 5.92 Å². The average molecular weight is 763 g/mol. The monoisotopic (exact) mass is 762 g/mol. The molecule has 4 fully saturated rings. The highest BCUT2D eigenvalue weighted by Crippen LogP contribution is 2.49. The molecular weight excluding hydrogens is 711 g/mol. The number of pyridine rings is 2. The molecule has 0 bridgehead atoms. The van der Waals surface area contributed by atoms with Gasteiger partial charge in [-0.3, -0.25) is 24.0 Å². The van der Waals surface area contributed by atoms with E-state index in [1.165, 1.54) is 32.0 Å². The summed E-state index contributed by atoms with van der Waals surface area (Å²) in [4.78, 5) is 51.8. The average Bonchev–Trinajstić information content (AvgIpc) is 4.09. The lowest BCUT2D eigenvalue weighted by Crippen LogP contribution is -2.59. The normalized spacial score (nSPS) is 21.3. The van der Waals surface area contributed by atoms with Crippen LogP contribution in [0.3, 0.4) is 0 Å². The number of amides is 2. The Morgan fingerprint density at radius 2 is 1.80 bits per heavy atom. The van der Waals surface area contributed by atoms with Gasteiger partial charge in [-0.1, -0.05) is 13.0 Å². The molecular formula is C39H51BN12O4. The molecule has 2 radical (unpaired) electrons. The number of fused-ring (bicyclic) bond motifs is 3. The van der Waals surface area contributed by atoms with Crippen molar-refractivity contribution in [2.45, 2.75) is 75.6 Å². The molecule has 2 saturated heterocycles. The van der Waals surface area contributed by atoms with E-state index in [-0.39, 0.29) is 58.6 Å². The number of nitrogens with two attached hydrogens (primary N) is 2. The van der Waals surface area contributed by atoms with Gasteiger partial charge in [-0.2, -0.15) is 5.10 Å². The zero-order valence-corrected chi connectivity index (χ0v) is 32.2. The second-order valence-corrected chi connectivity index (χ2v) is 15.4. The molecule has 2 amide bonds. The van der Waals surface area contributed by atoms with E-state index >= 15 is 0 Å². The van der Waals surface area contributed by atoms with Crippen molar-refractivity contribution in [1.29, 1.82) is 0 Å². The van der Waals surface area contributed by atoms with Gasteiger partial charge in [-0.05, 0) is 83.3 Å². The number of hydrogen-bond donors (Lipinski definition) is 6. The van der Waals surface area contributed by atoms with Crippen LogP contribution in [-0.4, -0.2) is 107 Å². The Labute approximate surface area is 328 Å². The lowest BCUT2D eigenvalue weighted by atomic mass is 9.82. The van der Waals surface area contributed by atoms with Crippen molar-refractivity contribution in [2.75, 3.05) is 50.5 Å². The number of nitrogens with one attached hydrogen (secondary N) is 3. The van der Waals surface area contributed by atoms with E-state index in [0.29, 0.717) is 25.2 Å². The van der Waals surface area contributed by atoms with Crippen molar-refractivity contribution in [3.8, 4) is 11.1 Å². The van der Waals surface area contributed by atoms with Gasteiger partial charge in [-0.15, -0.1) is 0 Å². The maximum Gasteiger partial charge on any atom is 0.269 e. The number of rotatable bonds is 12. The molecule has 2 aliphatic carbocycles. The maximum absolute atomic E-state index is 13.1. The predicted molar refractivity (Wildman–Crippen MR) is 213 cm³/mol. The smallest absolute Gasteiger partial charge is 0.269 e. The van der Waals surface area contributed by atoms with Crippen LogP contribution in [0.25, 0.3) is 11.1 Å². The highest BCUT2D eigenvalue weighted by Gasteiger charge is 2.44. The molecule has 0 spiro atoms. The molecule has 2 saturated carbocycles. The maximum atomic E-state index is 13.1. The molecule has 0 aromatic carbocycles. The Morgan fingerprint density at radius 3 is 2.43 bits per heavy atom. The summed E-state index contributed by atoms with van der Waals surface area (Å²) in [6.07, 6.45) is 12.6. The predicted octanol–water partition coefficient (Wildman–Crippen LogP) is 1.78. The van der Waals surface area contributed by atoms with Crippen LogP contribution in [-0.2, 0) is 15.2 Å². The summed E-state index contributed by atoms with van der Waals surface area (Å²) in [5.74, 6) is -0.154. The second kappa shape index (κ2) is 16.1. The van der Waals surface area contributed by atoms with E-state index in [0.717, 1.165) is 54.6 Å². The molecule has 6 heterocycles. The first kappa shape index (κ1) is 39.0. The van der Waals surface area contributed by atoms with Crippen molar-refractivity contribution in [3.05, 3.63) is 77.0 Å². The van der Waals surface area contributed by atoms with Crippen molar-refractivity contribution in [1.82, 2.24) is 40.2 Å².